The number of aromatic hydroxyl groups is 1. The van der Waals surface area contributed by atoms with Crippen molar-refractivity contribution >= 4 is 17.7 Å². The largest absolute Gasteiger partial charge is 0.508 e. The molecule has 0 bridgehead atoms. The predicted molar refractivity (Wildman–Crippen MR) is 63.7 cm³/mol. The number of carbonyl (C=O) groups is 1. The lowest BCUT2D eigenvalue weighted by atomic mass is 10.3. The summed E-state index contributed by atoms with van der Waals surface area (Å²) < 4.78 is 4.82. The lowest BCUT2D eigenvalue weighted by molar-refractivity contribution is -0.118. The summed E-state index contributed by atoms with van der Waals surface area (Å²) in [6.07, 6.45) is 0. The minimum atomic E-state index is -0.0184. The molecule has 0 aliphatic heterocycles. The van der Waals surface area contributed by atoms with Crippen LogP contribution >= 0.6 is 11.8 Å². The van der Waals surface area contributed by atoms with Crippen molar-refractivity contribution in [2.24, 2.45) is 0 Å². The Hall–Kier alpha value is -1.20. The van der Waals surface area contributed by atoms with E-state index < -0.39 is 0 Å². The molecule has 0 aromatic heterocycles. The van der Waals surface area contributed by atoms with Gasteiger partial charge < -0.3 is 15.2 Å². The van der Waals surface area contributed by atoms with E-state index >= 15 is 0 Å². The molecule has 1 amide bonds. The molecule has 0 saturated carbocycles. The number of carbonyl (C=O) groups excluding carboxylic acids is 1. The van der Waals surface area contributed by atoms with E-state index in [1.807, 2.05) is 0 Å². The van der Waals surface area contributed by atoms with Crippen LogP contribution in [-0.2, 0) is 9.53 Å². The third kappa shape index (κ3) is 5.04. The minimum absolute atomic E-state index is 0.0184. The molecule has 1 rings (SSSR count). The van der Waals surface area contributed by atoms with Gasteiger partial charge in [-0.25, -0.2) is 0 Å². The molecule has 0 saturated heterocycles. The van der Waals surface area contributed by atoms with Gasteiger partial charge in [-0.1, -0.05) is 0 Å². The summed E-state index contributed by atoms with van der Waals surface area (Å²) >= 11 is 1.43. The topological polar surface area (TPSA) is 58.6 Å². The van der Waals surface area contributed by atoms with E-state index in [0.717, 1.165) is 4.90 Å². The fourth-order valence-corrected chi connectivity index (χ4v) is 1.76. The Kier molecular flexibility index (Phi) is 5.74. The summed E-state index contributed by atoms with van der Waals surface area (Å²) in [5.74, 6) is 0.582. The Morgan fingerprint density at radius 1 is 1.44 bits per heavy atom. The highest BCUT2D eigenvalue weighted by Gasteiger charge is 2.01. The van der Waals surface area contributed by atoms with Gasteiger partial charge in [0.2, 0.25) is 5.91 Å². The van der Waals surface area contributed by atoms with Gasteiger partial charge in [0.25, 0.3) is 0 Å². The van der Waals surface area contributed by atoms with Gasteiger partial charge in [0.15, 0.2) is 0 Å². The van der Waals surface area contributed by atoms with Gasteiger partial charge in [0, 0.05) is 18.6 Å². The first-order valence-electron chi connectivity index (χ1n) is 4.90. The average molecular weight is 241 g/mol. The van der Waals surface area contributed by atoms with E-state index in [2.05, 4.69) is 5.32 Å². The number of hydrogen-bond donors (Lipinski definition) is 2. The SMILES string of the molecule is COCCNC(=O)CSc1ccc(O)cc1. The zero-order valence-corrected chi connectivity index (χ0v) is 9.92. The molecule has 0 radical (unpaired) electrons. The number of phenols is 1. The molecule has 0 heterocycles. The van der Waals surface area contributed by atoms with Crippen molar-refractivity contribution in [3.8, 4) is 5.75 Å². The number of rotatable bonds is 6. The maximum Gasteiger partial charge on any atom is 0.230 e. The van der Waals surface area contributed by atoms with Crippen molar-refractivity contribution in [3.05, 3.63) is 24.3 Å². The van der Waals surface area contributed by atoms with Gasteiger partial charge in [-0.15, -0.1) is 11.8 Å². The molecule has 5 heteroatoms. The average Bonchev–Trinajstić information content (AvgIpc) is 2.29. The molecular weight excluding hydrogens is 226 g/mol. The van der Waals surface area contributed by atoms with Gasteiger partial charge in [-0.2, -0.15) is 0 Å². The van der Waals surface area contributed by atoms with E-state index in [1.165, 1.54) is 11.8 Å². The van der Waals surface area contributed by atoms with Crippen molar-refractivity contribution in [2.75, 3.05) is 26.0 Å². The maximum absolute atomic E-state index is 11.3. The summed E-state index contributed by atoms with van der Waals surface area (Å²) in [5, 5.41) is 11.8. The van der Waals surface area contributed by atoms with Crippen LogP contribution in [0.2, 0.25) is 0 Å². The number of phenolic OH excluding ortho intramolecular Hbond substituents is 1. The van der Waals surface area contributed by atoms with Crippen LogP contribution in [0.25, 0.3) is 0 Å². The standard InChI is InChI=1S/C11H15NO3S/c1-15-7-6-12-11(14)8-16-10-4-2-9(13)3-5-10/h2-5,13H,6-8H2,1H3,(H,12,14). The van der Waals surface area contributed by atoms with Gasteiger partial charge in [0.05, 0.1) is 12.4 Å². The maximum atomic E-state index is 11.3. The van der Waals surface area contributed by atoms with E-state index in [9.17, 15) is 4.79 Å². The number of nitrogens with one attached hydrogen (secondary N) is 1. The lowest BCUT2D eigenvalue weighted by Gasteiger charge is -2.04. The summed E-state index contributed by atoms with van der Waals surface area (Å²) in [6.45, 7) is 1.06. The molecule has 0 fully saturated rings. The van der Waals surface area contributed by atoms with Crippen LogP contribution in [0.15, 0.2) is 29.2 Å². The zero-order valence-electron chi connectivity index (χ0n) is 9.10. The van der Waals surface area contributed by atoms with E-state index in [0.29, 0.717) is 18.9 Å². The van der Waals surface area contributed by atoms with Crippen molar-refractivity contribution in [3.63, 3.8) is 0 Å². The molecule has 0 aliphatic carbocycles. The van der Waals surface area contributed by atoms with Crippen molar-refractivity contribution in [2.45, 2.75) is 4.90 Å². The Labute approximate surface area is 99.0 Å². The second-order valence-corrected chi connectivity index (χ2v) is 4.17. The van der Waals surface area contributed by atoms with Crippen LogP contribution in [0, 0.1) is 0 Å². The molecule has 0 spiro atoms. The number of thioether (sulfide) groups is 1. The molecule has 88 valence electrons. The van der Waals surface area contributed by atoms with Gasteiger partial charge in [-0.05, 0) is 24.3 Å². The van der Waals surface area contributed by atoms with E-state index in [-0.39, 0.29) is 11.7 Å². The summed E-state index contributed by atoms with van der Waals surface area (Å²) in [7, 11) is 1.59. The molecule has 16 heavy (non-hydrogen) atoms. The van der Waals surface area contributed by atoms with Gasteiger partial charge >= 0.3 is 0 Å². The summed E-state index contributed by atoms with van der Waals surface area (Å²) in [4.78, 5) is 12.3. The smallest absolute Gasteiger partial charge is 0.230 e. The molecule has 2 N–H and O–H groups in total. The van der Waals surface area contributed by atoms with Crippen LogP contribution in [0.3, 0.4) is 0 Å². The van der Waals surface area contributed by atoms with Crippen molar-refractivity contribution in [1.82, 2.24) is 5.32 Å². The highest BCUT2D eigenvalue weighted by Crippen LogP contribution is 2.20. The number of amides is 1. The fourth-order valence-electron chi connectivity index (χ4n) is 1.03. The first kappa shape index (κ1) is 12.9. The van der Waals surface area contributed by atoms with Crippen LogP contribution in [-0.4, -0.2) is 37.0 Å². The third-order valence-electron chi connectivity index (χ3n) is 1.84. The highest BCUT2D eigenvalue weighted by atomic mass is 32.2. The second-order valence-electron chi connectivity index (χ2n) is 3.13. The first-order chi connectivity index (χ1) is 7.72. The first-order valence-corrected chi connectivity index (χ1v) is 5.88. The molecule has 0 unspecified atom stereocenters. The van der Waals surface area contributed by atoms with Gasteiger partial charge in [-0.3, -0.25) is 4.79 Å². The molecule has 0 aliphatic rings. The summed E-state index contributed by atoms with van der Waals surface area (Å²) in [5.41, 5.74) is 0. The summed E-state index contributed by atoms with van der Waals surface area (Å²) in [6, 6.07) is 6.77. The Bertz CT molecular complexity index is 327. The Balaban J connectivity index is 2.23. The Morgan fingerprint density at radius 3 is 2.75 bits per heavy atom. The normalized spacial score (nSPS) is 10.1. The monoisotopic (exact) mass is 241 g/mol. The number of hydrogen-bond acceptors (Lipinski definition) is 4. The predicted octanol–water partition coefficient (Wildman–Crippen LogP) is 1.25. The van der Waals surface area contributed by atoms with Gasteiger partial charge in [0.1, 0.15) is 5.75 Å². The molecule has 4 nitrogen and oxygen atoms in total. The second kappa shape index (κ2) is 7.14. The number of methoxy groups -OCH3 is 1. The van der Waals surface area contributed by atoms with E-state index in [4.69, 9.17) is 9.84 Å². The third-order valence-corrected chi connectivity index (χ3v) is 2.85. The van der Waals surface area contributed by atoms with E-state index in [1.54, 1.807) is 31.4 Å². The van der Waals surface area contributed by atoms with Crippen LogP contribution in [0.4, 0.5) is 0 Å². The quantitative estimate of drug-likeness (QED) is 0.581. The highest BCUT2D eigenvalue weighted by molar-refractivity contribution is 8.00. The molecule has 1 aromatic rings. The van der Waals surface area contributed by atoms with Crippen LogP contribution in [0.1, 0.15) is 0 Å². The van der Waals surface area contributed by atoms with Crippen LogP contribution in [0.5, 0.6) is 5.75 Å². The number of ether oxygens (including phenoxy) is 1. The fraction of sp³-hybridized carbons (Fsp3) is 0.364. The molecule has 1 aromatic carbocycles. The van der Waals surface area contributed by atoms with Crippen molar-refractivity contribution in [1.29, 1.82) is 0 Å². The molecule has 0 atom stereocenters. The Morgan fingerprint density at radius 2 is 2.12 bits per heavy atom. The molecular formula is C11H15NO3S. The number of benzene rings is 1. The zero-order chi connectivity index (χ0) is 11.8. The lowest BCUT2D eigenvalue weighted by Crippen LogP contribution is -2.28. The van der Waals surface area contributed by atoms with Crippen molar-refractivity contribution < 1.29 is 14.6 Å². The van der Waals surface area contributed by atoms with Crippen LogP contribution < -0.4 is 5.32 Å². The minimum Gasteiger partial charge on any atom is -0.508 e.